The van der Waals surface area contributed by atoms with Crippen LogP contribution >= 0.6 is 0 Å². The lowest BCUT2D eigenvalue weighted by atomic mass is 9.92. The smallest absolute Gasteiger partial charge is 0.308 e. The molecule has 0 fully saturated rings. The van der Waals surface area contributed by atoms with Gasteiger partial charge in [0.2, 0.25) is 6.29 Å². The van der Waals surface area contributed by atoms with Gasteiger partial charge in [-0.15, -0.1) is 0 Å². The molecule has 0 saturated carbocycles. The van der Waals surface area contributed by atoms with Crippen LogP contribution in [0.3, 0.4) is 0 Å². The topological polar surface area (TPSA) is 61.3 Å². The van der Waals surface area contributed by atoms with Crippen molar-refractivity contribution in [2.75, 3.05) is 0 Å². The van der Waals surface area contributed by atoms with Gasteiger partial charge in [0.1, 0.15) is 0 Å². The predicted octanol–water partition coefficient (Wildman–Crippen LogP) is 11.3. The average molecular weight is 601 g/mol. The summed E-state index contributed by atoms with van der Waals surface area (Å²) >= 11 is 0. The van der Waals surface area contributed by atoms with E-state index in [1.165, 1.54) is 76.2 Å². The van der Waals surface area contributed by atoms with Crippen LogP contribution in [0.25, 0.3) is 22.5 Å². The highest BCUT2D eigenvalue weighted by atomic mass is 16.7. The fourth-order valence-corrected chi connectivity index (χ4v) is 5.66. The second-order valence-electron chi connectivity index (χ2n) is 12.0. The molecule has 0 radical (unpaired) electrons. The van der Waals surface area contributed by atoms with Crippen molar-refractivity contribution >= 4 is 5.97 Å². The Balaban J connectivity index is 1.63. The Bertz CT molecular complexity index is 1180. The molecule has 0 aliphatic carbocycles. The fourth-order valence-electron chi connectivity index (χ4n) is 5.66. The number of aryl methyl sites for hydroxylation is 1. The van der Waals surface area contributed by atoms with Crippen LogP contribution in [0.4, 0.5) is 0 Å². The first-order valence-corrected chi connectivity index (χ1v) is 17.5. The Hall–Kier alpha value is -3.21. The van der Waals surface area contributed by atoms with Gasteiger partial charge in [0.25, 0.3) is 0 Å². The average Bonchev–Trinajstić information content (AvgIpc) is 3.06. The molecule has 3 aromatic rings. The molecule has 0 saturated heterocycles. The molecule has 44 heavy (non-hydrogen) atoms. The third-order valence-corrected chi connectivity index (χ3v) is 8.24. The molecule has 3 rings (SSSR count). The summed E-state index contributed by atoms with van der Waals surface area (Å²) in [6.07, 6.45) is 23.5. The molecule has 1 atom stereocenters. The Labute approximate surface area is 267 Å². The predicted molar refractivity (Wildman–Crippen MR) is 183 cm³/mol. The first-order chi connectivity index (χ1) is 21.7. The van der Waals surface area contributed by atoms with Crippen LogP contribution in [0.1, 0.15) is 135 Å². The second-order valence-corrected chi connectivity index (χ2v) is 12.0. The van der Waals surface area contributed by atoms with Crippen LogP contribution in [0, 0.1) is 0 Å². The van der Waals surface area contributed by atoms with E-state index in [2.05, 4.69) is 56.3 Å². The minimum Gasteiger partial charge on any atom is -0.452 e. The molecule has 2 aromatic carbocycles. The van der Waals surface area contributed by atoms with Gasteiger partial charge in [-0.1, -0.05) is 153 Å². The molecule has 5 heteroatoms. The fraction of sp³-hybridized carbons (Fsp3) is 0.564. The van der Waals surface area contributed by atoms with Gasteiger partial charge in [-0.25, -0.2) is 9.97 Å². The lowest BCUT2D eigenvalue weighted by Crippen LogP contribution is -2.23. The highest BCUT2D eigenvalue weighted by Crippen LogP contribution is 2.34. The van der Waals surface area contributed by atoms with Gasteiger partial charge < -0.3 is 9.47 Å². The molecule has 5 nitrogen and oxygen atoms in total. The van der Waals surface area contributed by atoms with E-state index in [9.17, 15) is 4.79 Å². The summed E-state index contributed by atoms with van der Waals surface area (Å²) < 4.78 is 11.6. The standard InChI is InChI=1S/C39H56N2O3/c1-4-7-9-11-12-13-14-15-17-19-26-33-27-23-28-35(32-24-20-18-21-25-32)38(33)39-40-30-34(31-41-39)43-37(6-3)44-36(42)29-22-16-10-8-5-2/h18,20-21,23-25,27-28,30-31,37H,4-17,19,22,26,29H2,1-3H3/t37-/m0/s1. The van der Waals surface area contributed by atoms with Crippen molar-refractivity contribution in [3.63, 3.8) is 0 Å². The quantitative estimate of drug-likeness (QED) is 0.0615. The van der Waals surface area contributed by atoms with Crippen LogP contribution in [0.5, 0.6) is 5.75 Å². The molecule has 240 valence electrons. The Morgan fingerprint density at radius 1 is 0.682 bits per heavy atom. The van der Waals surface area contributed by atoms with Crippen molar-refractivity contribution in [1.29, 1.82) is 0 Å². The van der Waals surface area contributed by atoms with E-state index in [-0.39, 0.29) is 5.97 Å². The molecular formula is C39H56N2O3. The monoisotopic (exact) mass is 600 g/mol. The minimum absolute atomic E-state index is 0.209. The van der Waals surface area contributed by atoms with Gasteiger partial charge in [0.15, 0.2) is 11.6 Å². The second kappa shape index (κ2) is 21.5. The van der Waals surface area contributed by atoms with E-state index < -0.39 is 6.29 Å². The molecule has 0 amide bonds. The summed E-state index contributed by atoms with van der Waals surface area (Å²) in [7, 11) is 0. The third kappa shape index (κ3) is 12.8. The zero-order valence-corrected chi connectivity index (χ0v) is 27.7. The number of rotatable bonds is 23. The Kier molecular flexibility index (Phi) is 17.2. The summed E-state index contributed by atoms with van der Waals surface area (Å²) in [5, 5.41) is 0. The SMILES string of the molecule is CCCCCCCCCCCCc1cccc(-c2ccccc2)c1-c1ncc(O[C@H](CC)OC(=O)CCCCCCC)cn1. The van der Waals surface area contributed by atoms with Gasteiger partial charge in [-0.2, -0.15) is 0 Å². The number of unbranched alkanes of at least 4 members (excludes halogenated alkanes) is 13. The zero-order valence-electron chi connectivity index (χ0n) is 27.7. The lowest BCUT2D eigenvalue weighted by molar-refractivity contribution is -0.164. The maximum absolute atomic E-state index is 12.4. The number of hydrogen-bond acceptors (Lipinski definition) is 5. The van der Waals surface area contributed by atoms with Gasteiger partial charge >= 0.3 is 5.97 Å². The third-order valence-electron chi connectivity index (χ3n) is 8.24. The van der Waals surface area contributed by atoms with Crippen LogP contribution < -0.4 is 4.74 Å². The minimum atomic E-state index is -0.643. The molecule has 1 aromatic heterocycles. The molecular weight excluding hydrogens is 544 g/mol. The van der Waals surface area contributed by atoms with E-state index in [0.717, 1.165) is 48.8 Å². The number of benzene rings is 2. The number of hydrogen-bond donors (Lipinski definition) is 0. The molecule has 0 aliphatic rings. The van der Waals surface area contributed by atoms with Gasteiger partial charge in [0.05, 0.1) is 12.4 Å². The zero-order chi connectivity index (χ0) is 31.2. The maximum Gasteiger partial charge on any atom is 0.308 e. The van der Waals surface area contributed by atoms with Crippen molar-refractivity contribution in [2.24, 2.45) is 0 Å². The number of aromatic nitrogens is 2. The van der Waals surface area contributed by atoms with Crippen molar-refractivity contribution in [3.8, 4) is 28.3 Å². The van der Waals surface area contributed by atoms with Crippen LogP contribution in [-0.2, 0) is 16.0 Å². The van der Waals surface area contributed by atoms with E-state index in [1.54, 1.807) is 12.4 Å². The summed E-state index contributed by atoms with van der Waals surface area (Å²) in [5.74, 6) is 0.986. The van der Waals surface area contributed by atoms with Gasteiger partial charge in [0, 0.05) is 18.4 Å². The van der Waals surface area contributed by atoms with Gasteiger partial charge in [-0.3, -0.25) is 4.79 Å². The van der Waals surface area contributed by atoms with Crippen LogP contribution in [0.15, 0.2) is 60.9 Å². The molecule has 0 unspecified atom stereocenters. The van der Waals surface area contributed by atoms with Crippen molar-refractivity contribution in [3.05, 3.63) is 66.5 Å². The summed E-state index contributed by atoms with van der Waals surface area (Å²) in [6, 6.07) is 17.0. The van der Waals surface area contributed by atoms with E-state index in [0.29, 0.717) is 24.4 Å². The number of carbonyl (C=O) groups is 1. The Morgan fingerprint density at radius 2 is 1.27 bits per heavy atom. The van der Waals surface area contributed by atoms with Crippen molar-refractivity contribution < 1.29 is 14.3 Å². The van der Waals surface area contributed by atoms with E-state index >= 15 is 0 Å². The van der Waals surface area contributed by atoms with Crippen LogP contribution in [-0.4, -0.2) is 22.2 Å². The van der Waals surface area contributed by atoms with E-state index in [1.807, 2.05) is 13.0 Å². The first kappa shape index (κ1) is 35.3. The van der Waals surface area contributed by atoms with Crippen LogP contribution in [0.2, 0.25) is 0 Å². The maximum atomic E-state index is 12.4. The molecule has 1 heterocycles. The lowest BCUT2D eigenvalue weighted by Gasteiger charge is -2.18. The largest absolute Gasteiger partial charge is 0.452 e. The molecule has 0 spiro atoms. The first-order valence-electron chi connectivity index (χ1n) is 17.5. The molecule has 0 bridgehead atoms. The highest BCUT2D eigenvalue weighted by Gasteiger charge is 2.17. The van der Waals surface area contributed by atoms with Gasteiger partial charge in [-0.05, 0) is 36.0 Å². The summed E-state index contributed by atoms with van der Waals surface area (Å²) in [4.78, 5) is 21.9. The van der Waals surface area contributed by atoms with Crippen molar-refractivity contribution in [1.82, 2.24) is 9.97 Å². The highest BCUT2D eigenvalue weighted by molar-refractivity contribution is 5.83. The number of ether oxygens (including phenoxy) is 2. The number of nitrogens with zero attached hydrogens (tertiary/aromatic N) is 2. The molecule has 0 aliphatic heterocycles. The summed E-state index contributed by atoms with van der Waals surface area (Å²) in [5.41, 5.74) is 4.66. The van der Waals surface area contributed by atoms with Crippen molar-refractivity contribution in [2.45, 2.75) is 143 Å². The molecule has 0 N–H and O–H groups in total. The Morgan fingerprint density at radius 3 is 1.89 bits per heavy atom. The normalized spacial score (nSPS) is 11.8. The van der Waals surface area contributed by atoms with E-state index in [4.69, 9.17) is 19.4 Å². The number of carbonyl (C=O) groups excluding carboxylic acids is 1. The summed E-state index contributed by atoms with van der Waals surface area (Å²) in [6.45, 7) is 6.41. The number of esters is 1.